The van der Waals surface area contributed by atoms with Gasteiger partial charge in [0, 0.05) is 18.8 Å². The monoisotopic (exact) mass is 360 g/mol. The van der Waals surface area contributed by atoms with Gasteiger partial charge in [-0.1, -0.05) is 13.8 Å². The van der Waals surface area contributed by atoms with Gasteiger partial charge < -0.3 is 0 Å². The third-order valence-corrected chi connectivity index (χ3v) is 7.13. The SMILES string of the molecule is CCS(=O)(=O)Nc1ccc(S(=O)(=O)N2CC(C)CC(C)C2)cc1. The van der Waals surface area contributed by atoms with Gasteiger partial charge in [0.25, 0.3) is 0 Å². The molecule has 2 rings (SSSR count). The molecule has 1 heterocycles. The Morgan fingerprint density at radius 3 is 2.04 bits per heavy atom. The number of piperidine rings is 1. The van der Waals surface area contributed by atoms with Gasteiger partial charge in [0.1, 0.15) is 0 Å². The van der Waals surface area contributed by atoms with Crippen LogP contribution in [0.4, 0.5) is 5.69 Å². The van der Waals surface area contributed by atoms with Crippen molar-refractivity contribution < 1.29 is 16.8 Å². The van der Waals surface area contributed by atoms with Crippen LogP contribution in [0.15, 0.2) is 29.2 Å². The van der Waals surface area contributed by atoms with E-state index in [1.54, 1.807) is 6.92 Å². The molecule has 23 heavy (non-hydrogen) atoms. The molecule has 0 amide bonds. The molecule has 1 aliphatic rings. The summed E-state index contributed by atoms with van der Waals surface area (Å²) in [5.41, 5.74) is 0.367. The number of rotatable bonds is 5. The molecule has 0 radical (unpaired) electrons. The molecule has 0 saturated carbocycles. The number of hydrogen-bond donors (Lipinski definition) is 1. The molecule has 1 N–H and O–H groups in total. The first kappa shape index (κ1) is 18.2. The standard InChI is InChI=1S/C15H24N2O4S2/c1-4-22(18,19)16-14-5-7-15(8-6-14)23(20,21)17-10-12(2)9-13(3)11-17/h5-8,12-13,16H,4,9-11H2,1-3H3. The molecule has 2 unspecified atom stereocenters. The third-order valence-electron chi connectivity index (χ3n) is 3.98. The second-order valence-corrected chi connectivity index (χ2v) is 10.2. The summed E-state index contributed by atoms with van der Waals surface area (Å²) < 4.78 is 52.4. The second kappa shape index (κ2) is 6.78. The van der Waals surface area contributed by atoms with E-state index in [1.165, 1.54) is 28.6 Å². The lowest BCUT2D eigenvalue weighted by Crippen LogP contribution is -2.42. The van der Waals surface area contributed by atoms with Crippen molar-refractivity contribution in [3.05, 3.63) is 24.3 Å². The molecule has 0 aliphatic carbocycles. The Hall–Kier alpha value is -1.12. The lowest BCUT2D eigenvalue weighted by atomic mass is 9.94. The fourth-order valence-corrected chi connectivity index (χ4v) is 5.22. The van der Waals surface area contributed by atoms with Crippen LogP contribution in [0.25, 0.3) is 0 Å². The number of hydrogen-bond acceptors (Lipinski definition) is 4. The minimum absolute atomic E-state index is 0.0311. The van der Waals surface area contributed by atoms with Crippen molar-refractivity contribution in [3.63, 3.8) is 0 Å². The maximum Gasteiger partial charge on any atom is 0.243 e. The van der Waals surface area contributed by atoms with E-state index in [0.29, 0.717) is 30.6 Å². The molecule has 0 bridgehead atoms. The highest BCUT2D eigenvalue weighted by molar-refractivity contribution is 7.92. The zero-order valence-electron chi connectivity index (χ0n) is 13.7. The number of nitrogens with one attached hydrogen (secondary N) is 1. The number of nitrogens with zero attached hydrogens (tertiary/aromatic N) is 1. The average Bonchev–Trinajstić information content (AvgIpc) is 2.46. The van der Waals surface area contributed by atoms with Crippen LogP contribution >= 0.6 is 0 Å². The predicted molar refractivity (Wildman–Crippen MR) is 91.2 cm³/mol. The largest absolute Gasteiger partial charge is 0.284 e. The second-order valence-electron chi connectivity index (χ2n) is 6.30. The topological polar surface area (TPSA) is 83.5 Å². The molecule has 1 aromatic carbocycles. The number of sulfonamides is 2. The quantitative estimate of drug-likeness (QED) is 0.872. The molecule has 6 nitrogen and oxygen atoms in total. The van der Waals surface area contributed by atoms with E-state index < -0.39 is 20.0 Å². The molecule has 2 atom stereocenters. The van der Waals surface area contributed by atoms with Crippen molar-refractivity contribution in [1.82, 2.24) is 4.31 Å². The van der Waals surface area contributed by atoms with E-state index in [9.17, 15) is 16.8 Å². The van der Waals surface area contributed by atoms with Gasteiger partial charge in [-0.25, -0.2) is 16.8 Å². The third kappa shape index (κ3) is 4.45. The smallest absolute Gasteiger partial charge is 0.243 e. The maximum atomic E-state index is 12.7. The summed E-state index contributed by atoms with van der Waals surface area (Å²) in [6, 6.07) is 5.87. The first-order valence-corrected chi connectivity index (χ1v) is 10.8. The normalized spacial score (nSPS) is 23.6. The molecule has 8 heteroatoms. The average molecular weight is 361 g/mol. The van der Waals surface area contributed by atoms with Crippen molar-refractivity contribution in [2.24, 2.45) is 11.8 Å². The summed E-state index contributed by atoms with van der Waals surface area (Å²) in [4.78, 5) is 0.193. The van der Waals surface area contributed by atoms with Crippen LogP contribution in [0.1, 0.15) is 27.2 Å². The summed E-state index contributed by atoms with van der Waals surface area (Å²) in [6.45, 7) is 6.70. The van der Waals surface area contributed by atoms with Crippen LogP contribution in [-0.4, -0.2) is 40.0 Å². The van der Waals surface area contributed by atoms with Gasteiger partial charge in [-0.15, -0.1) is 0 Å². The van der Waals surface area contributed by atoms with Crippen LogP contribution in [0, 0.1) is 11.8 Å². The van der Waals surface area contributed by atoms with Crippen LogP contribution in [-0.2, 0) is 20.0 Å². The van der Waals surface area contributed by atoms with Crippen molar-refractivity contribution in [2.75, 3.05) is 23.6 Å². The first-order valence-electron chi connectivity index (χ1n) is 7.74. The molecule has 0 spiro atoms. The Morgan fingerprint density at radius 2 is 1.57 bits per heavy atom. The first-order chi connectivity index (χ1) is 10.6. The van der Waals surface area contributed by atoms with E-state index in [-0.39, 0.29) is 10.6 Å². The Morgan fingerprint density at radius 1 is 1.04 bits per heavy atom. The highest BCUT2D eigenvalue weighted by Crippen LogP contribution is 2.27. The van der Waals surface area contributed by atoms with Crippen molar-refractivity contribution in [1.29, 1.82) is 0 Å². The van der Waals surface area contributed by atoms with E-state index in [2.05, 4.69) is 18.6 Å². The summed E-state index contributed by atoms with van der Waals surface area (Å²) in [6.07, 6.45) is 1.03. The van der Waals surface area contributed by atoms with Crippen LogP contribution in [0.5, 0.6) is 0 Å². The highest BCUT2D eigenvalue weighted by atomic mass is 32.2. The Kier molecular flexibility index (Phi) is 5.37. The zero-order chi connectivity index (χ0) is 17.3. The Bertz CT molecular complexity index is 732. The van der Waals surface area contributed by atoms with Gasteiger partial charge >= 0.3 is 0 Å². The lowest BCUT2D eigenvalue weighted by Gasteiger charge is -2.34. The highest BCUT2D eigenvalue weighted by Gasteiger charge is 2.31. The molecule has 1 aliphatic heterocycles. The molecule has 1 saturated heterocycles. The van der Waals surface area contributed by atoms with Gasteiger partial charge in [0.2, 0.25) is 20.0 Å². The number of benzene rings is 1. The minimum Gasteiger partial charge on any atom is -0.284 e. The van der Waals surface area contributed by atoms with E-state index in [1.807, 2.05) is 0 Å². The minimum atomic E-state index is -3.54. The molecular weight excluding hydrogens is 336 g/mol. The van der Waals surface area contributed by atoms with Crippen molar-refractivity contribution >= 4 is 25.7 Å². The summed E-state index contributed by atoms with van der Waals surface area (Å²) in [5, 5.41) is 0. The molecule has 130 valence electrons. The Labute approximate surface area is 139 Å². The molecule has 1 fully saturated rings. The summed E-state index contributed by atoms with van der Waals surface area (Å²) >= 11 is 0. The predicted octanol–water partition coefficient (Wildman–Crippen LogP) is 2.11. The van der Waals surface area contributed by atoms with E-state index in [4.69, 9.17) is 0 Å². The fraction of sp³-hybridized carbons (Fsp3) is 0.600. The van der Waals surface area contributed by atoms with E-state index in [0.717, 1.165) is 6.42 Å². The molecular formula is C15H24N2O4S2. The van der Waals surface area contributed by atoms with Crippen molar-refractivity contribution in [2.45, 2.75) is 32.1 Å². The maximum absolute atomic E-state index is 12.7. The Balaban J connectivity index is 2.21. The fourth-order valence-electron chi connectivity index (χ4n) is 2.90. The van der Waals surface area contributed by atoms with Crippen LogP contribution < -0.4 is 4.72 Å². The molecule has 0 aromatic heterocycles. The zero-order valence-corrected chi connectivity index (χ0v) is 15.3. The van der Waals surface area contributed by atoms with Crippen molar-refractivity contribution in [3.8, 4) is 0 Å². The summed E-state index contributed by atoms with van der Waals surface area (Å²) in [5.74, 6) is 0.643. The van der Waals surface area contributed by atoms with Crippen LogP contribution in [0.3, 0.4) is 0 Å². The summed E-state index contributed by atoms with van der Waals surface area (Å²) in [7, 11) is -6.90. The van der Waals surface area contributed by atoms with Gasteiger partial charge in [0.15, 0.2) is 0 Å². The van der Waals surface area contributed by atoms with Gasteiger partial charge in [-0.2, -0.15) is 4.31 Å². The van der Waals surface area contributed by atoms with E-state index >= 15 is 0 Å². The van der Waals surface area contributed by atoms with Gasteiger partial charge in [-0.3, -0.25) is 4.72 Å². The van der Waals surface area contributed by atoms with Gasteiger partial charge in [-0.05, 0) is 49.4 Å². The lowest BCUT2D eigenvalue weighted by molar-refractivity contribution is 0.222. The molecule has 1 aromatic rings. The van der Waals surface area contributed by atoms with Crippen LogP contribution in [0.2, 0.25) is 0 Å². The van der Waals surface area contributed by atoms with Gasteiger partial charge in [0.05, 0.1) is 10.6 Å². The number of anilines is 1.